The number of allylic oxidation sites excluding steroid dienone is 2. The highest BCUT2D eigenvalue weighted by molar-refractivity contribution is 14.1. The molecule has 0 aromatic rings. The van der Waals surface area contributed by atoms with Gasteiger partial charge >= 0.3 is 0 Å². The largest absolute Gasteiger partial charge is 0.315 e. The van der Waals surface area contributed by atoms with Crippen LogP contribution in [0, 0.1) is 10.8 Å². The van der Waals surface area contributed by atoms with Crippen molar-refractivity contribution in [3.05, 3.63) is 25.3 Å². The van der Waals surface area contributed by atoms with E-state index in [9.17, 15) is 0 Å². The second-order valence-corrected chi connectivity index (χ2v) is 3.37. The van der Waals surface area contributed by atoms with Crippen molar-refractivity contribution in [2.45, 2.75) is 12.8 Å². The molecule has 0 unspecified atom stereocenters. The number of rotatable bonds is 7. The molecule has 68 valence electrons. The van der Waals surface area contributed by atoms with Crippen molar-refractivity contribution in [2.24, 2.45) is 5.41 Å². The van der Waals surface area contributed by atoms with Gasteiger partial charge in [0.25, 0.3) is 0 Å². The predicted molar refractivity (Wildman–Crippen MR) is 60.8 cm³/mol. The van der Waals surface area contributed by atoms with Crippen molar-refractivity contribution in [1.29, 1.82) is 5.41 Å². The molecule has 0 aromatic heterocycles. The summed E-state index contributed by atoms with van der Waals surface area (Å²) in [6, 6.07) is 0. The molecule has 0 bridgehead atoms. The van der Waals surface area contributed by atoms with Crippen molar-refractivity contribution in [3.63, 3.8) is 0 Å². The SMILES string of the molecule is C=CCC(C=N)(CC=C)COI. The minimum Gasteiger partial charge on any atom is -0.315 e. The molecule has 1 N–H and O–H groups in total. The molecule has 3 heteroatoms. The van der Waals surface area contributed by atoms with Gasteiger partial charge in [-0.3, -0.25) is 0 Å². The Bertz CT molecular complexity index is 158. The molecule has 0 saturated heterocycles. The molecule has 0 amide bonds. The first-order chi connectivity index (χ1) is 5.74. The lowest BCUT2D eigenvalue weighted by Crippen LogP contribution is -2.25. The smallest absolute Gasteiger partial charge is 0.109 e. The molecule has 0 aliphatic rings. The minimum absolute atomic E-state index is 0.231. The molecule has 0 aromatic carbocycles. The van der Waals surface area contributed by atoms with E-state index in [0.29, 0.717) is 6.61 Å². The molecular weight excluding hydrogens is 265 g/mol. The summed E-state index contributed by atoms with van der Waals surface area (Å²) in [5.41, 5.74) is -0.231. The Hall–Kier alpha value is -0.160. The zero-order valence-corrected chi connectivity index (χ0v) is 9.21. The van der Waals surface area contributed by atoms with Crippen molar-refractivity contribution in [3.8, 4) is 0 Å². The second kappa shape index (κ2) is 6.37. The lowest BCUT2D eigenvalue weighted by Gasteiger charge is -2.24. The van der Waals surface area contributed by atoms with Gasteiger partial charge in [0.2, 0.25) is 0 Å². The van der Waals surface area contributed by atoms with Gasteiger partial charge in [0, 0.05) is 11.6 Å². The van der Waals surface area contributed by atoms with Crippen LogP contribution in [0.15, 0.2) is 25.3 Å². The maximum Gasteiger partial charge on any atom is 0.109 e. The Labute approximate surface area is 87.9 Å². The van der Waals surface area contributed by atoms with Gasteiger partial charge in [0.15, 0.2) is 0 Å². The quantitative estimate of drug-likeness (QED) is 0.433. The van der Waals surface area contributed by atoms with Crippen LogP contribution < -0.4 is 0 Å². The average Bonchev–Trinajstić information content (AvgIpc) is 2.06. The van der Waals surface area contributed by atoms with Crippen molar-refractivity contribution < 1.29 is 3.07 Å². The Kier molecular flexibility index (Phi) is 6.28. The Balaban J connectivity index is 4.35. The molecule has 0 aliphatic carbocycles. The lowest BCUT2D eigenvalue weighted by molar-refractivity contribution is 0.273. The van der Waals surface area contributed by atoms with Crippen LogP contribution in [0.5, 0.6) is 0 Å². The van der Waals surface area contributed by atoms with Crippen LogP contribution in [0.1, 0.15) is 12.8 Å². The lowest BCUT2D eigenvalue weighted by atomic mass is 9.83. The maximum atomic E-state index is 7.31. The number of hydrogen-bond acceptors (Lipinski definition) is 2. The monoisotopic (exact) mass is 279 g/mol. The van der Waals surface area contributed by atoms with Gasteiger partial charge in [-0.2, -0.15) is 0 Å². The standard InChI is InChI=1S/C9H14INO/c1-3-5-9(7-11,6-4-2)8-12-10/h3-4,7,11H,1-2,5-6,8H2. The molecule has 0 aliphatic heterocycles. The van der Waals surface area contributed by atoms with Crippen LogP contribution in [-0.2, 0) is 3.07 Å². The third-order valence-corrected chi connectivity index (χ3v) is 2.06. The molecular formula is C9H14INO. The maximum absolute atomic E-state index is 7.31. The third-order valence-electron chi connectivity index (χ3n) is 1.75. The predicted octanol–water partition coefficient (Wildman–Crippen LogP) is 3.14. The summed E-state index contributed by atoms with van der Waals surface area (Å²) in [5.74, 6) is 0. The van der Waals surface area contributed by atoms with Crippen molar-refractivity contribution in [1.82, 2.24) is 0 Å². The highest BCUT2D eigenvalue weighted by atomic mass is 127. The highest BCUT2D eigenvalue weighted by Gasteiger charge is 2.24. The Morgan fingerprint density at radius 2 is 1.83 bits per heavy atom. The summed E-state index contributed by atoms with van der Waals surface area (Å²) < 4.78 is 5.03. The molecule has 0 fully saturated rings. The fourth-order valence-corrected chi connectivity index (χ4v) is 1.66. The van der Waals surface area contributed by atoms with Gasteiger partial charge < -0.3 is 8.48 Å². The van der Waals surface area contributed by atoms with E-state index in [1.165, 1.54) is 6.21 Å². The van der Waals surface area contributed by atoms with E-state index >= 15 is 0 Å². The summed E-state index contributed by atoms with van der Waals surface area (Å²) in [6.45, 7) is 7.86. The number of hydrogen-bond donors (Lipinski definition) is 1. The molecule has 0 heterocycles. The van der Waals surface area contributed by atoms with E-state index in [-0.39, 0.29) is 5.41 Å². The Morgan fingerprint density at radius 1 is 1.33 bits per heavy atom. The van der Waals surface area contributed by atoms with Crippen LogP contribution in [0.25, 0.3) is 0 Å². The van der Waals surface area contributed by atoms with Crippen LogP contribution in [-0.4, -0.2) is 12.8 Å². The molecule has 0 radical (unpaired) electrons. The number of halogens is 1. The summed E-state index contributed by atoms with van der Waals surface area (Å²) in [4.78, 5) is 0. The van der Waals surface area contributed by atoms with Gasteiger partial charge in [-0.05, 0) is 12.8 Å². The van der Waals surface area contributed by atoms with E-state index in [1.807, 2.05) is 35.2 Å². The summed E-state index contributed by atoms with van der Waals surface area (Å²) in [7, 11) is 0. The topological polar surface area (TPSA) is 33.1 Å². The molecule has 12 heavy (non-hydrogen) atoms. The molecule has 0 atom stereocenters. The molecule has 0 saturated carbocycles. The average molecular weight is 279 g/mol. The first-order valence-corrected chi connectivity index (χ1v) is 4.59. The summed E-state index contributed by atoms with van der Waals surface area (Å²) >= 11 is 1.84. The summed E-state index contributed by atoms with van der Waals surface area (Å²) in [5, 5.41) is 7.31. The van der Waals surface area contributed by atoms with Crippen molar-refractivity contribution in [2.75, 3.05) is 6.61 Å². The molecule has 2 nitrogen and oxygen atoms in total. The zero-order chi connectivity index (χ0) is 9.45. The normalized spacial score (nSPS) is 10.8. The van der Waals surface area contributed by atoms with E-state index < -0.39 is 0 Å². The van der Waals surface area contributed by atoms with E-state index in [0.717, 1.165) is 12.8 Å². The number of nitrogens with one attached hydrogen (secondary N) is 1. The van der Waals surface area contributed by atoms with E-state index in [1.54, 1.807) is 0 Å². The van der Waals surface area contributed by atoms with Gasteiger partial charge in [-0.1, -0.05) is 12.2 Å². The second-order valence-electron chi connectivity index (χ2n) is 2.75. The summed E-state index contributed by atoms with van der Waals surface area (Å²) in [6.07, 6.45) is 6.56. The Morgan fingerprint density at radius 3 is 2.08 bits per heavy atom. The van der Waals surface area contributed by atoms with Gasteiger partial charge in [-0.25, -0.2) is 0 Å². The minimum atomic E-state index is -0.231. The van der Waals surface area contributed by atoms with E-state index in [4.69, 9.17) is 8.48 Å². The fourth-order valence-electron chi connectivity index (χ4n) is 1.04. The molecule has 0 rings (SSSR count). The first kappa shape index (κ1) is 11.8. The highest BCUT2D eigenvalue weighted by Crippen LogP contribution is 2.26. The van der Waals surface area contributed by atoms with Crippen LogP contribution in [0.4, 0.5) is 0 Å². The van der Waals surface area contributed by atoms with Gasteiger partial charge in [0.1, 0.15) is 23.0 Å². The van der Waals surface area contributed by atoms with Gasteiger partial charge in [-0.15, -0.1) is 13.2 Å². The molecule has 0 spiro atoms. The van der Waals surface area contributed by atoms with E-state index in [2.05, 4.69) is 13.2 Å². The first-order valence-electron chi connectivity index (χ1n) is 3.71. The fraction of sp³-hybridized carbons (Fsp3) is 0.444. The van der Waals surface area contributed by atoms with Crippen LogP contribution in [0.2, 0.25) is 0 Å². The zero-order valence-electron chi connectivity index (χ0n) is 7.05. The van der Waals surface area contributed by atoms with Crippen molar-refractivity contribution >= 4 is 29.2 Å². The van der Waals surface area contributed by atoms with Gasteiger partial charge in [0.05, 0.1) is 6.61 Å². The van der Waals surface area contributed by atoms with Crippen LogP contribution in [0.3, 0.4) is 0 Å². The third kappa shape index (κ3) is 3.49. The van der Waals surface area contributed by atoms with Crippen LogP contribution >= 0.6 is 23.0 Å².